The van der Waals surface area contributed by atoms with Crippen LogP contribution in [0.5, 0.6) is 5.75 Å². The minimum atomic E-state index is -1.33. The maximum atomic E-state index is 13.7. The summed E-state index contributed by atoms with van der Waals surface area (Å²) in [5.41, 5.74) is 5.68. The van der Waals surface area contributed by atoms with E-state index in [1.807, 2.05) is 0 Å². The SMILES string of the molecule is NCC1(c2cc(F)c(O)c(C(=O)O)c2)CCCCC1. The summed E-state index contributed by atoms with van der Waals surface area (Å²) in [4.78, 5) is 11.0. The Morgan fingerprint density at radius 1 is 1.32 bits per heavy atom. The first-order valence-corrected chi connectivity index (χ1v) is 6.46. The van der Waals surface area contributed by atoms with E-state index >= 15 is 0 Å². The molecule has 1 aromatic carbocycles. The van der Waals surface area contributed by atoms with Crippen molar-refractivity contribution in [2.75, 3.05) is 6.54 Å². The highest BCUT2D eigenvalue weighted by atomic mass is 19.1. The number of halogens is 1. The van der Waals surface area contributed by atoms with Crippen molar-refractivity contribution in [3.63, 3.8) is 0 Å². The van der Waals surface area contributed by atoms with E-state index in [0.717, 1.165) is 32.1 Å². The van der Waals surface area contributed by atoms with Gasteiger partial charge in [-0.05, 0) is 30.5 Å². The number of benzene rings is 1. The maximum absolute atomic E-state index is 13.7. The third-order valence-corrected chi connectivity index (χ3v) is 4.11. The largest absolute Gasteiger partial charge is 0.504 e. The molecule has 0 radical (unpaired) electrons. The summed E-state index contributed by atoms with van der Waals surface area (Å²) in [6.07, 6.45) is 4.78. The molecular formula is C14H18FNO3. The summed E-state index contributed by atoms with van der Waals surface area (Å²) < 4.78 is 13.7. The molecule has 1 aliphatic carbocycles. The smallest absolute Gasteiger partial charge is 0.339 e. The minimum absolute atomic E-state index is 0.357. The van der Waals surface area contributed by atoms with Crippen LogP contribution >= 0.6 is 0 Å². The van der Waals surface area contributed by atoms with Gasteiger partial charge in [0.15, 0.2) is 11.6 Å². The van der Waals surface area contributed by atoms with E-state index in [2.05, 4.69) is 0 Å². The summed E-state index contributed by atoms with van der Waals surface area (Å²) in [6, 6.07) is 2.58. The molecule has 0 spiro atoms. The van der Waals surface area contributed by atoms with Crippen molar-refractivity contribution in [2.24, 2.45) is 5.73 Å². The molecule has 19 heavy (non-hydrogen) atoms. The summed E-state index contributed by atoms with van der Waals surface area (Å²) in [7, 11) is 0. The maximum Gasteiger partial charge on any atom is 0.339 e. The molecule has 0 amide bonds. The highest BCUT2D eigenvalue weighted by molar-refractivity contribution is 5.91. The first-order chi connectivity index (χ1) is 9.00. The number of aromatic carboxylic acids is 1. The quantitative estimate of drug-likeness (QED) is 0.785. The first kappa shape index (κ1) is 13.8. The van der Waals surface area contributed by atoms with Gasteiger partial charge in [-0.2, -0.15) is 0 Å². The van der Waals surface area contributed by atoms with Crippen LogP contribution in [0, 0.1) is 5.82 Å². The molecule has 1 fully saturated rings. The minimum Gasteiger partial charge on any atom is -0.504 e. The van der Waals surface area contributed by atoms with Crippen LogP contribution in [0.15, 0.2) is 12.1 Å². The number of nitrogens with two attached hydrogens (primary N) is 1. The highest BCUT2D eigenvalue weighted by Crippen LogP contribution is 2.40. The predicted octanol–water partition coefficient (Wildman–Crippen LogP) is 2.39. The number of aromatic hydroxyl groups is 1. The third kappa shape index (κ3) is 2.42. The van der Waals surface area contributed by atoms with Gasteiger partial charge in [0.25, 0.3) is 0 Å². The number of rotatable bonds is 3. The van der Waals surface area contributed by atoms with Gasteiger partial charge in [-0.3, -0.25) is 0 Å². The molecule has 5 heteroatoms. The van der Waals surface area contributed by atoms with E-state index in [4.69, 9.17) is 10.8 Å². The Labute approximate surface area is 111 Å². The molecule has 4 N–H and O–H groups in total. The van der Waals surface area contributed by atoms with Crippen molar-refractivity contribution in [1.29, 1.82) is 0 Å². The Bertz CT molecular complexity index is 496. The van der Waals surface area contributed by atoms with Crippen LogP contribution in [0.1, 0.15) is 48.0 Å². The second-order valence-corrected chi connectivity index (χ2v) is 5.20. The van der Waals surface area contributed by atoms with Gasteiger partial charge in [0.05, 0.1) is 0 Å². The Kier molecular flexibility index (Phi) is 3.75. The van der Waals surface area contributed by atoms with E-state index in [9.17, 15) is 14.3 Å². The molecule has 1 saturated carbocycles. The van der Waals surface area contributed by atoms with Gasteiger partial charge < -0.3 is 15.9 Å². The van der Waals surface area contributed by atoms with Crippen LogP contribution in [-0.4, -0.2) is 22.7 Å². The summed E-state index contributed by atoms with van der Waals surface area (Å²) in [6.45, 7) is 0.357. The fraction of sp³-hybridized carbons (Fsp3) is 0.500. The molecule has 104 valence electrons. The number of carboxylic acid groups (broad SMARTS) is 1. The number of phenols is 1. The number of hydrogen-bond donors (Lipinski definition) is 3. The van der Waals surface area contributed by atoms with E-state index in [-0.39, 0.29) is 5.41 Å². The van der Waals surface area contributed by atoms with Gasteiger partial charge in [-0.15, -0.1) is 0 Å². The summed E-state index contributed by atoms with van der Waals surface area (Å²) in [5.74, 6) is -3.03. The Hall–Kier alpha value is -1.62. The zero-order chi connectivity index (χ0) is 14.0. The number of hydrogen-bond acceptors (Lipinski definition) is 3. The number of carbonyl (C=O) groups is 1. The normalized spacial score (nSPS) is 18.2. The van der Waals surface area contributed by atoms with E-state index in [1.54, 1.807) is 0 Å². The lowest BCUT2D eigenvalue weighted by molar-refractivity contribution is 0.0692. The van der Waals surface area contributed by atoms with Crippen LogP contribution in [0.4, 0.5) is 4.39 Å². The molecule has 0 saturated heterocycles. The summed E-state index contributed by atoms with van der Waals surface area (Å²) >= 11 is 0. The molecule has 0 heterocycles. The predicted molar refractivity (Wildman–Crippen MR) is 68.8 cm³/mol. The van der Waals surface area contributed by atoms with Crippen molar-refractivity contribution in [1.82, 2.24) is 0 Å². The monoisotopic (exact) mass is 267 g/mol. The van der Waals surface area contributed by atoms with Crippen molar-refractivity contribution in [3.8, 4) is 5.75 Å². The van der Waals surface area contributed by atoms with E-state index in [1.165, 1.54) is 12.1 Å². The first-order valence-electron chi connectivity index (χ1n) is 6.46. The van der Waals surface area contributed by atoms with Crippen molar-refractivity contribution in [3.05, 3.63) is 29.1 Å². The van der Waals surface area contributed by atoms with Gasteiger partial charge >= 0.3 is 5.97 Å². The van der Waals surface area contributed by atoms with Crippen molar-refractivity contribution in [2.45, 2.75) is 37.5 Å². The molecule has 1 aliphatic rings. The second-order valence-electron chi connectivity index (χ2n) is 5.20. The van der Waals surface area contributed by atoms with Crippen LogP contribution in [0.2, 0.25) is 0 Å². The zero-order valence-electron chi connectivity index (χ0n) is 10.7. The standard InChI is InChI=1S/C14H18FNO3/c15-11-7-9(6-10(12(11)17)13(18)19)14(8-16)4-2-1-3-5-14/h6-7,17H,1-5,8,16H2,(H,18,19). The van der Waals surface area contributed by atoms with Crippen LogP contribution in [0.3, 0.4) is 0 Å². The lowest BCUT2D eigenvalue weighted by atomic mass is 9.69. The molecule has 0 unspecified atom stereocenters. The topological polar surface area (TPSA) is 83.5 Å². The molecule has 2 rings (SSSR count). The van der Waals surface area contributed by atoms with Crippen LogP contribution in [0.25, 0.3) is 0 Å². The van der Waals surface area contributed by atoms with Crippen molar-refractivity contribution >= 4 is 5.97 Å². The molecule has 0 aliphatic heterocycles. The lowest BCUT2D eigenvalue weighted by Crippen LogP contribution is -2.37. The highest BCUT2D eigenvalue weighted by Gasteiger charge is 2.34. The average molecular weight is 267 g/mol. The Balaban J connectivity index is 2.52. The molecule has 4 nitrogen and oxygen atoms in total. The number of carboxylic acids is 1. The molecule has 0 aromatic heterocycles. The van der Waals surface area contributed by atoms with E-state index < -0.39 is 23.1 Å². The second kappa shape index (κ2) is 5.17. The Morgan fingerprint density at radius 2 is 1.95 bits per heavy atom. The summed E-state index contributed by atoms with van der Waals surface area (Å²) in [5, 5.41) is 18.5. The molecule has 1 aromatic rings. The molecule has 0 atom stereocenters. The van der Waals surface area contributed by atoms with Gasteiger partial charge in [0.2, 0.25) is 0 Å². The van der Waals surface area contributed by atoms with E-state index in [0.29, 0.717) is 12.1 Å². The van der Waals surface area contributed by atoms with Crippen LogP contribution < -0.4 is 5.73 Å². The van der Waals surface area contributed by atoms with Crippen LogP contribution in [-0.2, 0) is 5.41 Å². The average Bonchev–Trinajstić information content (AvgIpc) is 2.42. The fourth-order valence-electron chi connectivity index (χ4n) is 2.91. The van der Waals surface area contributed by atoms with Gasteiger partial charge in [0.1, 0.15) is 5.56 Å². The van der Waals surface area contributed by atoms with Crippen molar-refractivity contribution < 1.29 is 19.4 Å². The Morgan fingerprint density at radius 3 is 2.47 bits per heavy atom. The fourth-order valence-corrected chi connectivity index (χ4v) is 2.91. The van der Waals surface area contributed by atoms with Gasteiger partial charge in [0, 0.05) is 12.0 Å². The van der Waals surface area contributed by atoms with Gasteiger partial charge in [-0.25, -0.2) is 9.18 Å². The zero-order valence-corrected chi connectivity index (χ0v) is 10.7. The lowest BCUT2D eigenvalue weighted by Gasteiger charge is -2.37. The molecular weight excluding hydrogens is 249 g/mol. The molecule has 0 bridgehead atoms. The van der Waals surface area contributed by atoms with Gasteiger partial charge in [-0.1, -0.05) is 19.3 Å². The third-order valence-electron chi connectivity index (χ3n) is 4.11.